The van der Waals surface area contributed by atoms with Gasteiger partial charge in [-0.1, -0.05) is 19.8 Å². The lowest BCUT2D eigenvalue weighted by atomic mass is 9.62. The fourth-order valence-electron chi connectivity index (χ4n) is 5.16. The molecular weight excluding hydrogens is 314 g/mol. The van der Waals surface area contributed by atoms with E-state index < -0.39 is 5.91 Å². The molecule has 1 saturated carbocycles. The van der Waals surface area contributed by atoms with E-state index in [4.69, 9.17) is 10.5 Å². The Kier molecular flexibility index (Phi) is 5.44. The summed E-state index contributed by atoms with van der Waals surface area (Å²) in [4.78, 5) is 18.4. The topological polar surface area (TPSA) is 68.4 Å². The van der Waals surface area contributed by atoms with Crippen LogP contribution in [0.5, 0.6) is 0 Å². The lowest BCUT2D eigenvalue weighted by Gasteiger charge is -2.56. The number of likely N-dealkylation sites (tertiary alicyclic amines) is 1. The van der Waals surface area contributed by atoms with Crippen LogP contribution in [0.3, 0.4) is 0 Å². The van der Waals surface area contributed by atoms with Crippen LogP contribution in [0, 0.1) is 11.8 Å². The van der Waals surface area contributed by atoms with Gasteiger partial charge in [0.1, 0.15) is 11.3 Å². The smallest absolute Gasteiger partial charge is 0.267 e. The van der Waals surface area contributed by atoms with Crippen LogP contribution in [0.1, 0.15) is 62.0 Å². The number of ether oxygens (including phenoxy) is 1. The summed E-state index contributed by atoms with van der Waals surface area (Å²) in [7, 11) is 1.82. The number of amides is 1. The number of primary amides is 1. The molecule has 0 spiro atoms. The summed E-state index contributed by atoms with van der Waals surface area (Å²) < 4.78 is 6.25. The number of nitrogens with two attached hydrogens (primary N) is 1. The molecule has 0 radical (unpaired) electrons. The largest absolute Gasteiger partial charge is 0.373 e. The lowest BCUT2D eigenvalue weighted by molar-refractivity contribution is -0.173. The average molecular weight is 345 g/mol. The molecule has 25 heavy (non-hydrogen) atoms. The maximum atomic E-state index is 11.6. The van der Waals surface area contributed by atoms with Gasteiger partial charge in [0.15, 0.2) is 0 Å². The van der Waals surface area contributed by atoms with E-state index in [1.807, 2.05) is 19.2 Å². The number of methoxy groups -OCH3 is 1. The highest BCUT2D eigenvalue weighted by atomic mass is 16.5. The molecule has 138 valence electrons. The molecule has 3 rings (SSSR count). The second-order valence-corrected chi connectivity index (χ2v) is 7.71. The van der Waals surface area contributed by atoms with Gasteiger partial charge >= 0.3 is 0 Å². The van der Waals surface area contributed by atoms with Crippen LogP contribution in [0.15, 0.2) is 18.3 Å². The van der Waals surface area contributed by atoms with Crippen molar-refractivity contribution >= 4 is 5.91 Å². The molecule has 1 unspecified atom stereocenters. The molecule has 1 aliphatic carbocycles. The molecule has 4 atom stereocenters. The number of hydrogen-bond acceptors (Lipinski definition) is 4. The molecule has 1 aromatic rings. The summed E-state index contributed by atoms with van der Waals surface area (Å²) in [5.74, 6) is 0.395. The molecule has 2 bridgehead atoms. The molecular formula is C20H31N3O2. The van der Waals surface area contributed by atoms with Crippen LogP contribution >= 0.6 is 0 Å². The minimum Gasteiger partial charge on any atom is -0.373 e. The third kappa shape index (κ3) is 3.20. The molecule has 5 nitrogen and oxygen atoms in total. The summed E-state index contributed by atoms with van der Waals surface area (Å²) in [6.45, 7) is 6.71. The highest BCUT2D eigenvalue weighted by molar-refractivity contribution is 5.90. The van der Waals surface area contributed by atoms with Gasteiger partial charge in [0, 0.05) is 44.3 Å². The second kappa shape index (κ2) is 7.42. The van der Waals surface area contributed by atoms with E-state index in [2.05, 4.69) is 23.7 Å². The van der Waals surface area contributed by atoms with Gasteiger partial charge in [-0.3, -0.25) is 14.7 Å². The maximum Gasteiger partial charge on any atom is 0.267 e. The number of carbonyl (C=O) groups excluding carboxylic acids is 1. The fraction of sp³-hybridized carbons (Fsp3) is 0.700. The number of aromatic nitrogens is 1. The Balaban J connectivity index is 1.96. The highest BCUT2D eigenvalue weighted by Crippen LogP contribution is 2.51. The van der Waals surface area contributed by atoms with Crippen molar-refractivity contribution in [3.8, 4) is 0 Å². The minimum absolute atomic E-state index is 0.326. The summed E-state index contributed by atoms with van der Waals surface area (Å²) in [6.07, 6.45) is 7.72. The van der Waals surface area contributed by atoms with Crippen LogP contribution in [-0.4, -0.2) is 42.0 Å². The number of piperidine rings is 1. The van der Waals surface area contributed by atoms with Crippen molar-refractivity contribution in [1.82, 2.24) is 9.88 Å². The Hall–Kier alpha value is -1.46. The molecule has 2 heterocycles. The first-order valence-corrected chi connectivity index (χ1v) is 9.58. The van der Waals surface area contributed by atoms with Gasteiger partial charge < -0.3 is 10.5 Å². The molecule has 1 saturated heterocycles. The Morgan fingerprint density at radius 2 is 2.12 bits per heavy atom. The van der Waals surface area contributed by atoms with E-state index in [0.29, 0.717) is 23.6 Å². The summed E-state index contributed by atoms with van der Waals surface area (Å²) in [5.41, 5.74) is 6.53. The van der Waals surface area contributed by atoms with Gasteiger partial charge in [-0.15, -0.1) is 0 Å². The zero-order valence-corrected chi connectivity index (χ0v) is 15.7. The fourth-order valence-corrected chi connectivity index (χ4v) is 5.16. The van der Waals surface area contributed by atoms with Gasteiger partial charge in [-0.25, -0.2) is 0 Å². The third-order valence-corrected chi connectivity index (χ3v) is 6.36. The number of nitrogens with zero attached hydrogens (tertiary/aromatic N) is 2. The first kappa shape index (κ1) is 18.3. The van der Waals surface area contributed by atoms with Crippen LogP contribution in [0.4, 0.5) is 0 Å². The van der Waals surface area contributed by atoms with E-state index in [0.717, 1.165) is 31.5 Å². The SMILES string of the molecule is CCCC(C)N1C[C@H]2CCC[C@@H](C1)[C@]2(OC)c1ccnc(C(N)=O)c1. The molecule has 0 aromatic carbocycles. The summed E-state index contributed by atoms with van der Waals surface area (Å²) in [5, 5.41) is 0. The van der Waals surface area contributed by atoms with Crippen molar-refractivity contribution in [2.24, 2.45) is 17.6 Å². The van der Waals surface area contributed by atoms with Crippen LogP contribution in [-0.2, 0) is 10.3 Å². The normalized spacial score (nSPS) is 30.8. The van der Waals surface area contributed by atoms with Crippen LogP contribution < -0.4 is 5.73 Å². The summed E-state index contributed by atoms with van der Waals surface area (Å²) >= 11 is 0. The minimum atomic E-state index is -0.479. The third-order valence-electron chi connectivity index (χ3n) is 6.36. The van der Waals surface area contributed by atoms with Crippen molar-refractivity contribution < 1.29 is 9.53 Å². The van der Waals surface area contributed by atoms with Crippen molar-refractivity contribution in [3.05, 3.63) is 29.6 Å². The monoisotopic (exact) mass is 345 g/mol. The Labute approximate surface area is 150 Å². The first-order chi connectivity index (χ1) is 12.0. The number of hydrogen-bond donors (Lipinski definition) is 1. The molecule has 2 N–H and O–H groups in total. The molecule has 1 aliphatic heterocycles. The summed E-state index contributed by atoms with van der Waals surface area (Å²) in [6, 6.07) is 4.47. The zero-order chi connectivity index (χ0) is 18.0. The number of fused-ring (bicyclic) bond motifs is 2. The van der Waals surface area contributed by atoms with E-state index >= 15 is 0 Å². The van der Waals surface area contributed by atoms with Gasteiger partial charge in [0.2, 0.25) is 0 Å². The molecule has 2 aliphatic rings. The molecule has 1 aromatic heterocycles. The molecule has 2 fully saturated rings. The average Bonchev–Trinajstić information content (AvgIpc) is 2.60. The van der Waals surface area contributed by atoms with Crippen LogP contribution in [0.25, 0.3) is 0 Å². The van der Waals surface area contributed by atoms with Gasteiger partial charge in [0.05, 0.1) is 0 Å². The zero-order valence-electron chi connectivity index (χ0n) is 15.7. The predicted molar refractivity (Wildman–Crippen MR) is 98.2 cm³/mol. The van der Waals surface area contributed by atoms with E-state index in [9.17, 15) is 4.79 Å². The standard InChI is InChI=1S/C20H31N3O2/c1-4-6-14(2)23-12-16-7-5-8-17(13-23)20(16,25-3)15-9-10-22-18(11-15)19(21)24/h9-11,14,16-17H,4-8,12-13H2,1-3H3,(H2,21,24)/t14?,16-,17+,20+. The van der Waals surface area contributed by atoms with Gasteiger partial charge in [-0.05, 0) is 43.9 Å². The van der Waals surface area contributed by atoms with Crippen LogP contribution in [0.2, 0.25) is 0 Å². The van der Waals surface area contributed by atoms with Gasteiger partial charge in [-0.2, -0.15) is 0 Å². The first-order valence-electron chi connectivity index (χ1n) is 9.58. The number of pyridine rings is 1. The van der Waals surface area contributed by atoms with Crippen molar-refractivity contribution in [3.63, 3.8) is 0 Å². The Bertz CT molecular complexity index is 605. The Morgan fingerprint density at radius 3 is 2.68 bits per heavy atom. The van der Waals surface area contributed by atoms with Crippen molar-refractivity contribution in [1.29, 1.82) is 0 Å². The van der Waals surface area contributed by atoms with E-state index in [1.54, 1.807) is 6.20 Å². The predicted octanol–water partition coefficient (Wildman–Crippen LogP) is 2.94. The van der Waals surface area contributed by atoms with Crippen molar-refractivity contribution in [2.75, 3.05) is 20.2 Å². The second-order valence-electron chi connectivity index (χ2n) is 7.71. The maximum absolute atomic E-state index is 11.6. The quantitative estimate of drug-likeness (QED) is 0.861. The Morgan fingerprint density at radius 1 is 1.44 bits per heavy atom. The molecule has 5 heteroatoms. The number of carbonyl (C=O) groups is 1. The van der Waals surface area contributed by atoms with Gasteiger partial charge in [0.25, 0.3) is 5.91 Å². The number of rotatable bonds is 6. The van der Waals surface area contributed by atoms with Crippen molar-refractivity contribution in [2.45, 2.75) is 57.6 Å². The highest BCUT2D eigenvalue weighted by Gasteiger charge is 2.53. The van der Waals surface area contributed by atoms with E-state index in [1.165, 1.54) is 19.3 Å². The lowest BCUT2D eigenvalue weighted by Crippen LogP contribution is -2.60. The van der Waals surface area contributed by atoms with E-state index in [-0.39, 0.29) is 5.60 Å². The molecule has 1 amide bonds.